The minimum absolute atomic E-state index is 0. The van der Waals surface area contributed by atoms with E-state index >= 15 is 0 Å². The van der Waals surface area contributed by atoms with E-state index in [-0.39, 0.29) is 62.5 Å². The summed E-state index contributed by atoms with van der Waals surface area (Å²) in [7, 11) is 3.88. The summed E-state index contributed by atoms with van der Waals surface area (Å²) < 4.78 is 29.0. The molecule has 0 aliphatic rings. The van der Waals surface area contributed by atoms with Crippen LogP contribution in [0, 0.1) is 18.6 Å². The van der Waals surface area contributed by atoms with E-state index in [4.69, 9.17) is 0 Å². The fourth-order valence-corrected chi connectivity index (χ4v) is 3.24. The van der Waals surface area contributed by atoms with Crippen LogP contribution >= 0.6 is 0 Å². The Bertz CT molecular complexity index is 1250. The van der Waals surface area contributed by atoms with Gasteiger partial charge in [-0.25, -0.2) is 18.3 Å². The van der Waals surface area contributed by atoms with Crippen LogP contribution in [0.4, 0.5) is 14.5 Å². The third-order valence-corrected chi connectivity index (χ3v) is 4.68. The van der Waals surface area contributed by atoms with Gasteiger partial charge in [0.15, 0.2) is 5.65 Å². The number of rotatable bonds is 3. The molecular weight excluding hydrogens is 401 g/mol. The molecule has 2 aromatic heterocycles. The molecule has 4 aromatic rings. The SMILES string of the molecule is Cc1[nH]n2c(=O)cc(-c3ccc(N(C)C)cc3)nc2c1-c1ccc(F)cc1F.[K]. The van der Waals surface area contributed by atoms with Gasteiger partial charge >= 0.3 is 0 Å². The molecule has 0 aliphatic carbocycles. The molecule has 0 spiro atoms. The van der Waals surface area contributed by atoms with Gasteiger partial charge in [0.2, 0.25) is 0 Å². The third kappa shape index (κ3) is 4.08. The molecule has 29 heavy (non-hydrogen) atoms. The quantitative estimate of drug-likeness (QED) is 0.516. The molecule has 0 saturated heterocycles. The Labute approximate surface area is 208 Å². The minimum Gasteiger partial charge on any atom is -0.378 e. The topological polar surface area (TPSA) is 53.4 Å². The van der Waals surface area contributed by atoms with E-state index in [1.54, 1.807) is 6.92 Å². The van der Waals surface area contributed by atoms with Crippen LogP contribution in [-0.4, -0.2) is 80.1 Å². The van der Waals surface area contributed by atoms with E-state index < -0.39 is 11.6 Å². The Hall–Kier alpha value is -1.84. The Kier molecular flexibility index (Phi) is 6.40. The smallest absolute Gasteiger partial charge is 0.273 e. The maximum Gasteiger partial charge on any atom is 0.273 e. The number of nitrogens with zero attached hydrogens (tertiary/aromatic N) is 3. The van der Waals surface area contributed by atoms with Gasteiger partial charge in [0.25, 0.3) is 5.56 Å². The first kappa shape index (κ1) is 21.9. The monoisotopic (exact) mass is 419 g/mol. The van der Waals surface area contributed by atoms with E-state index in [0.717, 1.165) is 17.3 Å². The van der Waals surface area contributed by atoms with Crippen molar-refractivity contribution < 1.29 is 8.78 Å². The number of nitrogens with one attached hydrogen (secondary N) is 1. The van der Waals surface area contributed by atoms with Gasteiger partial charge in [-0.15, -0.1) is 0 Å². The summed E-state index contributed by atoms with van der Waals surface area (Å²) in [4.78, 5) is 19.2. The Morgan fingerprint density at radius 1 is 1.03 bits per heavy atom. The summed E-state index contributed by atoms with van der Waals surface area (Å²) in [6.07, 6.45) is 0. The molecule has 0 aliphatic heterocycles. The summed E-state index contributed by atoms with van der Waals surface area (Å²) in [5.74, 6) is -1.37. The third-order valence-electron chi connectivity index (χ3n) is 4.68. The second-order valence-electron chi connectivity index (χ2n) is 6.82. The average molecular weight is 419 g/mol. The Balaban J connectivity index is 0.00000240. The fraction of sp³-hybridized carbons (Fsp3) is 0.143. The number of aryl methyl sites for hydroxylation is 1. The van der Waals surface area contributed by atoms with Crippen LogP contribution in [0.2, 0.25) is 0 Å². The van der Waals surface area contributed by atoms with Crippen molar-refractivity contribution in [2.45, 2.75) is 6.92 Å². The molecule has 0 atom stereocenters. The molecule has 0 saturated carbocycles. The number of H-pyrrole nitrogens is 1. The maximum absolute atomic E-state index is 14.4. The average Bonchev–Trinajstić information content (AvgIpc) is 2.98. The van der Waals surface area contributed by atoms with E-state index in [9.17, 15) is 13.6 Å². The molecule has 5 nitrogen and oxygen atoms in total. The molecule has 0 bridgehead atoms. The van der Waals surface area contributed by atoms with Crippen molar-refractivity contribution >= 4 is 62.7 Å². The van der Waals surface area contributed by atoms with Crippen LogP contribution in [0.5, 0.6) is 0 Å². The molecular formula is C21H18F2KN4O. The van der Waals surface area contributed by atoms with Gasteiger partial charge in [-0.1, -0.05) is 12.1 Å². The largest absolute Gasteiger partial charge is 0.378 e. The zero-order valence-corrected chi connectivity index (χ0v) is 19.7. The second-order valence-corrected chi connectivity index (χ2v) is 6.82. The molecule has 0 fully saturated rings. The molecule has 2 heterocycles. The van der Waals surface area contributed by atoms with Gasteiger partial charge in [0, 0.05) is 106 Å². The van der Waals surface area contributed by atoms with E-state index in [2.05, 4.69) is 10.1 Å². The van der Waals surface area contributed by atoms with Crippen molar-refractivity contribution in [3.05, 3.63) is 76.2 Å². The molecule has 0 amide bonds. The van der Waals surface area contributed by atoms with E-state index in [1.165, 1.54) is 22.7 Å². The zero-order chi connectivity index (χ0) is 20.0. The van der Waals surface area contributed by atoms with E-state index in [1.807, 2.05) is 43.3 Å². The summed E-state index contributed by atoms with van der Waals surface area (Å²) in [5.41, 5.74) is 3.44. The maximum atomic E-state index is 14.4. The fourth-order valence-electron chi connectivity index (χ4n) is 3.24. The predicted molar refractivity (Wildman–Crippen MR) is 111 cm³/mol. The number of fused-ring (bicyclic) bond motifs is 1. The van der Waals surface area contributed by atoms with Crippen LogP contribution in [0.1, 0.15) is 5.69 Å². The predicted octanol–water partition coefficient (Wildman–Crippen LogP) is 3.63. The first-order chi connectivity index (χ1) is 13.3. The summed E-state index contributed by atoms with van der Waals surface area (Å²) in [6.45, 7) is 1.72. The van der Waals surface area contributed by atoms with Crippen molar-refractivity contribution in [1.82, 2.24) is 14.6 Å². The molecule has 4 rings (SSSR count). The van der Waals surface area contributed by atoms with E-state index in [0.29, 0.717) is 22.6 Å². The van der Waals surface area contributed by atoms with Gasteiger partial charge in [0.05, 0.1) is 5.69 Å². The number of halogens is 2. The zero-order valence-electron chi connectivity index (χ0n) is 16.6. The molecule has 143 valence electrons. The van der Waals surface area contributed by atoms with Crippen LogP contribution < -0.4 is 10.5 Å². The van der Waals surface area contributed by atoms with Crippen molar-refractivity contribution in [3.8, 4) is 22.4 Å². The van der Waals surface area contributed by atoms with Crippen molar-refractivity contribution in [2.75, 3.05) is 19.0 Å². The number of aromatic nitrogens is 3. The van der Waals surface area contributed by atoms with Gasteiger partial charge in [-0.3, -0.25) is 9.89 Å². The van der Waals surface area contributed by atoms with Gasteiger partial charge in [0.1, 0.15) is 11.6 Å². The van der Waals surface area contributed by atoms with Crippen LogP contribution in [0.15, 0.2) is 53.3 Å². The number of hydrogen-bond acceptors (Lipinski definition) is 3. The number of anilines is 1. The first-order valence-corrected chi connectivity index (χ1v) is 8.70. The Morgan fingerprint density at radius 3 is 2.34 bits per heavy atom. The number of benzene rings is 2. The molecule has 2 aromatic carbocycles. The Morgan fingerprint density at radius 2 is 1.72 bits per heavy atom. The van der Waals surface area contributed by atoms with Crippen LogP contribution in [0.25, 0.3) is 28.0 Å². The molecule has 8 heteroatoms. The minimum atomic E-state index is -0.709. The first-order valence-electron chi connectivity index (χ1n) is 8.70. The molecule has 0 unspecified atom stereocenters. The standard InChI is InChI=1S/C21H18F2N4O.K/c1-12-20(16-9-6-14(22)10-17(16)23)21-24-18(11-19(28)27(21)25-12)13-4-7-15(8-5-13)26(2)3;/h4-11,25H,1-3H3;. The van der Waals surface area contributed by atoms with Crippen molar-refractivity contribution in [2.24, 2.45) is 0 Å². The van der Waals surface area contributed by atoms with Gasteiger partial charge < -0.3 is 4.90 Å². The normalized spacial score (nSPS) is 10.8. The van der Waals surface area contributed by atoms with Crippen molar-refractivity contribution in [3.63, 3.8) is 0 Å². The second kappa shape index (κ2) is 8.49. The number of aromatic amines is 1. The van der Waals surface area contributed by atoms with Crippen LogP contribution in [0.3, 0.4) is 0 Å². The van der Waals surface area contributed by atoms with Gasteiger partial charge in [-0.05, 0) is 31.2 Å². The summed E-state index contributed by atoms with van der Waals surface area (Å²) >= 11 is 0. The summed E-state index contributed by atoms with van der Waals surface area (Å²) in [5, 5.41) is 2.91. The summed E-state index contributed by atoms with van der Waals surface area (Å²) in [6, 6.07) is 12.4. The number of hydrogen-bond donors (Lipinski definition) is 1. The van der Waals surface area contributed by atoms with Crippen molar-refractivity contribution in [1.29, 1.82) is 0 Å². The van der Waals surface area contributed by atoms with Gasteiger partial charge in [-0.2, -0.15) is 0 Å². The molecule has 1 radical (unpaired) electrons. The van der Waals surface area contributed by atoms with Crippen LogP contribution in [-0.2, 0) is 0 Å². The molecule has 1 N–H and O–H groups in total.